The molecule has 0 aliphatic rings. The van der Waals surface area contributed by atoms with Crippen molar-refractivity contribution in [2.45, 2.75) is 26.7 Å². The second-order valence-electron chi connectivity index (χ2n) is 7.85. The summed E-state index contributed by atoms with van der Waals surface area (Å²) in [5, 5.41) is 6.65. The molecule has 0 atom stereocenters. The van der Waals surface area contributed by atoms with E-state index in [1.54, 1.807) is 30.3 Å². The highest BCUT2D eigenvalue weighted by molar-refractivity contribution is 7.80. The molecule has 0 fully saturated rings. The van der Waals surface area contributed by atoms with Gasteiger partial charge < -0.3 is 9.73 Å². The van der Waals surface area contributed by atoms with Gasteiger partial charge in [0, 0.05) is 21.8 Å². The molecule has 0 spiro atoms. The molecule has 0 bridgehead atoms. The van der Waals surface area contributed by atoms with E-state index in [1.165, 1.54) is 5.56 Å². The molecule has 0 aliphatic heterocycles. The average Bonchev–Trinajstić information content (AvgIpc) is 3.18. The summed E-state index contributed by atoms with van der Waals surface area (Å²) in [7, 11) is 0. The van der Waals surface area contributed by atoms with Crippen molar-refractivity contribution >= 4 is 51.6 Å². The molecule has 0 unspecified atom stereocenters. The zero-order valence-corrected chi connectivity index (χ0v) is 19.5. The molecule has 0 saturated carbocycles. The van der Waals surface area contributed by atoms with Crippen LogP contribution in [0.3, 0.4) is 0 Å². The van der Waals surface area contributed by atoms with E-state index in [0.717, 1.165) is 16.8 Å². The first-order valence-electron chi connectivity index (χ1n) is 10.2. The maximum atomic E-state index is 12.6. The molecule has 2 N–H and O–H groups in total. The number of thiocarbonyl (C=S) groups is 1. The van der Waals surface area contributed by atoms with E-state index >= 15 is 0 Å². The number of hydrogen-bond acceptors (Lipinski definition) is 4. The highest BCUT2D eigenvalue weighted by Crippen LogP contribution is 2.29. The lowest BCUT2D eigenvalue weighted by Gasteiger charge is -2.13. The van der Waals surface area contributed by atoms with Gasteiger partial charge in [-0.2, -0.15) is 0 Å². The first-order valence-corrected chi connectivity index (χ1v) is 11.0. The number of carbonyl (C=O) groups excluding carboxylic acids is 1. The third-order valence-corrected chi connectivity index (χ3v) is 5.59. The Labute approximate surface area is 196 Å². The van der Waals surface area contributed by atoms with E-state index in [9.17, 15) is 4.79 Å². The number of halogens is 1. The Bertz CT molecular complexity index is 1310. The maximum absolute atomic E-state index is 12.6. The van der Waals surface area contributed by atoms with Crippen LogP contribution in [0, 0.1) is 6.92 Å². The number of benzene rings is 3. The third-order valence-electron chi connectivity index (χ3n) is 5.15. The van der Waals surface area contributed by atoms with Crippen molar-refractivity contribution in [1.29, 1.82) is 0 Å². The lowest BCUT2D eigenvalue weighted by Crippen LogP contribution is -2.34. The fraction of sp³-hybridized carbons (Fsp3) is 0.160. The molecule has 4 rings (SSSR count). The summed E-state index contributed by atoms with van der Waals surface area (Å²) in [6.45, 7) is 6.17. The standard InChI is InChI=1S/C25H22ClN3O2S/c1-14(2)16-6-8-17(9-7-16)23(30)29-25(32)28-20-12-18(5-4-15(20)3)24-27-21-13-19(26)10-11-22(21)31-24/h4-14H,1-3H3,(H2,28,29,30,32). The third kappa shape index (κ3) is 4.82. The van der Waals surface area contributed by atoms with Crippen molar-refractivity contribution in [1.82, 2.24) is 10.3 Å². The molecule has 0 radical (unpaired) electrons. The Morgan fingerprint density at radius 1 is 1.06 bits per heavy atom. The Balaban J connectivity index is 1.49. The van der Waals surface area contributed by atoms with Crippen LogP contribution in [-0.4, -0.2) is 16.0 Å². The minimum absolute atomic E-state index is 0.215. The Morgan fingerprint density at radius 3 is 2.53 bits per heavy atom. The van der Waals surface area contributed by atoms with Crippen LogP contribution in [0.5, 0.6) is 0 Å². The van der Waals surface area contributed by atoms with Gasteiger partial charge in [0.15, 0.2) is 10.7 Å². The van der Waals surface area contributed by atoms with Gasteiger partial charge in [0.25, 0.3) is 5.91 Å². The second-order valence-corrected chi connectivity index (χ2v) is 8.69. The van der Waals surface area contributed by atoms with Gasteiger partial charge in [-0.05, 0) is 78.7 Å². The zero-order valence-electron chi connectivity index (χ0n) is 17.9. The highest BCUT2D eigenvalue weighted by Gasteiger charge is 2.13. The van der Waals surface area contributed by atoms with Gasteiger partial charge in [0.1, 0.15) is 5.52 Å². The van der Waals surface area contributed by atoms with Crippen molar-refractivity contribution in [3.8, 4) is 11.5 Å². The number of nitrogens with one attached hydrogen (secondary N) is 2. The minimum atomic E-state index is -0.262. The molecular weight excluding hydrogens is 442 g/mol. The Morgan fingerprint density at radius 2 is 1.81 bits per heavy atom. The summed E-state index contributed by atoms with van der Waals surface area (Å²) in [5.74, 6) is 0.622. The summed E-state index contributed by atoms with van der Waals surface area (Å²) in [6.07, 6.45) is 0. The normalized spacial score (nSPS) is 11.0. The summed E-state index contributed by atoms with van der Waals surface area (Å²) < 4.78 is 5.86. The first kappa shape index (κ1) is 22.0. The van der Waals surface area contributed by atoms with Gasteiger partial charge >= 0.3 is 0 Å². The summed E-state index contributed by atoms with van der Waals surface area (Å²) >= 11 is 11.4. The number of oxazole rings is 1. The van der Waals surface area contributed by atoms with E-state index in [2.05, 4.69) is 29.5 Å². The topological polar surface area (TPSA) is 67.2 Å². The van der Waals surface area contributed by atoms with Gasteiger partial charge in [0.05, 0.1) is 0 Å². The van der Waals surface area contributed by atoms with Crippen LogP contribution in [0.15, 0.2) is 65.1 Å². The van der Waals surface area contributed by atoms with E-state index in [4.69, 9.17) is 28.2 Å². The largest absolute Gasteiger partial charge is 0.436 e. The number of fused-ring (bicyclic) bond motifs is 1. The molecule has 162 valence electrons. The average molecular weight is 464 g/mol. The van der Waals surface area contributed by atoms with Crippen molar-refractivity contribution < 1.29 is 9.21 Å². The molecule has 5 nitrogen and oxygen atoms in total. The van der Waals surface area contributed by atoms with Gasteiger partial charge in [-0.15, -0.1) is 0 Å². The molecule has 1 amide bonds. The monoisotopic (exact) mass is 463 g/mol. The van der Waals surface area contributed by atoms with Crippen LogP contribution in [0.1, 0.15) is 41.3 Å². The number of hydrogen-bond donors (Lipinski definition) is 2. The van der Waals surface area contributed by atoms with Crippen LogP contribution >= 0.6 is 23.8 Å². The molecule has 0 aliphatic carbocycles. The van der Waals surface area contributed by atoms with E-state index in [1.807, 2.05) is 37.3 Å². The van der Waals surface area contributed by atoms with E-state index < -0.39 is 0 Å². The molecule has 3 aromatic carbocycles. The van der Waals surface area contributed by atoms with Gasteiger partial charge in [-0.3, -0.25) is 10.1 Å². The summed E-state index contributed by atoms with van der Waals surface area (Å²) in [5.41, 5.74) is 5.57. The van der Waals surface area contributed by atoms with Crippen molar-refractivity contribution in [3.05, 3.63) is 82.4 Å². The van der Waals surface area contributed by atoms with Gasteiger partial charge in [-0.25, -0.2) is 4.98 Å². The summed E-state index contributed by atoms with van der Waals surface area (Å²) in [4.78, 5) is 17.1. The van der Waals surface area contributed by atoms with Crippen molar-refractivity contribution in [2.24, 2.45) is 0 Å². The number of anilines is 1. The molecular formula is C25H22ClN3O2S. The molecule has 1 heterocycles. The van der Waals surface area contributed by atoms with Crippen LogP contribution in [0.4, 0.5) is 5.69 Å². The lowest BCUT2D eigenvalue weighted by atomic mass is 10.0. The molecule has 4 aromatic rings. The number of amides is 1. The number of carbonyl (C=O) groups is 1. The molecule has 32 heavy (non-hydrogen) atoms. The number of rotatable bonds is 4. The van der Waals surface area contributed by atoms with Crippen LogP contribution in [0.2, 0.25) is 5.02 Å². The fourth-order valence-corrected chi connectivity index (χ4v) is 3.63. The Hall–Kier alpha value is -3.22. The van der Waals surface area contributed by atoms with Crippen molar-refractivity contribution in [2.75, 3.05) is 5.32 Å². The van der Waals surface area contributed by atoms with Crippen molar-refractivity contribution in [3.63, 3.8) is 0 Å². The van der Waals surface area contributed by atoms with Crippen LogP contribution in [0.25, 0.3) is 22.6 Å². The SMILES string of the molecule is Cc1ccc(-c2nc3cc(Cl)ccc3o2)cc1NC(=S)NC(=O)c1ccc(C(C)C)cc1. The zero-order chi connectivity index (χ0) is 22.8. The highest BCUT2D eigenvalue weighted by atomic mass is 35.5. The van der Waals surface area contributed by atoms with Crippen LogP contribution < -0.4 is 10.6 Å². The lowest BCUT2D eigenvalue weighted by molar-refractivity contribution is 0.0977. The maximum Gasteiger partial charge on any atom is 0.257 e. The quantitative estimate of drug-likeness (QED) is 0.329. The van der Waals surface area contributed by atoms with Gasteiger partial charge in [0.2, 0.25) is 5.89 Å². The Kier molecular flexibility index (Phi) is 6.26. The minimum Gasteiger partial charge on any atom is -0.436 e. The predicted molar refractivity (Wildman–Crippen MR) is 133 cm³/mol. The van der Waals surface area contributed by atoms with Gasteiger partial charge in [-0.1, -0.05) is 43.6 Å². The van der Waals surface area contributed by atoms with Crippen LogP contribution in [-0.2, 0) is 0 Å². The molecule has 1 aromatic heterocycles. The summed E-state index contributed by atoms with van der Waals surface area (Å²) in [6, 6.07) is 18.6. The number of nitrogens with zero attached hydrogens (tertiary/aromatic N) is 1. The molecule has 0 saturated heterocycles. The van der Waals surface area contributed by atoms with E-state index in [-0.39, 0.29) is 11.0 Å². The second kappa shape index (κ2) is 9.10. The number of aryl methyl sites for hydroxylation is 1. The predicted octanol–water partition coefficient (Wildman–Crippen LogP) is 6.71. The molecule has 7 heteroatoms. The first-order chi connectivity index (χ1) is 15.3. The number of aromatic nitrogens is 1. The smallest absolute Gasteiger partial charge is 0.257 e. The fourth-order valence-electron chi connectivity index (χ4n) is 3.26. The van der Waals surface area contributed by atoms with E-state index in [0.29, 0.717) is 33.5 Å².